The maximum Gasteiger partial charge on any atom is 0.250 e. The van der Waals surface area contributed by atoms with E-state index in [1.54, 1.807) is 34.7 Å². The van der Waals surface area contributed by atoms with Crippen molar-refractivity contribution in [1.29, 1.82) is 0 Å². The van der Waals surface area contributed by atoms with Gasteiger partial charge in [-0.25, -0.2) is 4.68 Å². The quantitative estimate of drug-likeness (QED) is 0.388. The number of nitrogens with one attached hydrogen (secondary N) is 1. The molecule has 3 aromatic carbocycles. The number of nitrogens with zero attached hydrogens (tertiary/aromatic N) is 4. The third kappa shape index (κ3) is 4.72. The van der Waals surface area contributed by atoms with Gasteiger partial charge in [0, 0.05) is 18.3 Å². The Morgan fingerprint density at radius 3 is 2.62 bits per heavy atom. The topological polar surface area (TPSA) is 98.6 Å². The summed E-state index contributed by atoms with van der Waals surface area (Å²) in [7, 11) is 0. The molecule has 9 nitrogen and oxygen atoms in total. The van der Waals surface area contributed by atoms with Crippen molar-refractivity contribution in [2.75, 3.05) is 12.1 Å². The number of anilines is 1. The van der Waals surface area contributed by atoms with Crippen LogP contribution in [0.4, 0.5) is 5.69 Å². The van der Waals surface area contributed by atoms with Gasteiger partial charge in [0.2, 0.25) is 18.6 Å². The first-order valence-corrected chi connectivity index (χ1v) is 12.2. The molecule has 0 fully saturated rings. The van der Waals surface area contributed by atoms with Gasteiger partial charge in [0.15, 0.2) is 11.5 Å². The number of aryl methyl sites for hydroxylation is 1. The van der Waals surface area contributed by atoms with E-state index in [1.165, 1.54) is 0 Å². The second-order valence-electron chi connectivity index (χ2n) is 9.29. The van der Waals surface area contributed by atoms with Crippen molar-refractivity contribution in [2.24, 2.45) is 0 Å². The number of carbonyl (C=O) groups is 2. The van der Waals surface area contributed by atoms with Gasteiger partial charge in [0.25, 0.3) is 0 Å². The predicted molar refractivity (Wildman–Crippen MR) is 139 cm³/mol. The number of aromatic nitrogens is 3. The molecule has 37 heavy (non-hydrogen) atoms. The van der Waals surface area contributed by atoms with Crippen LogP contribution < -0.4 is 14.8 Å². The van der Waals surface area contributed by atoms with Crippen LogP contribution in [0, 0.1) is 6.92 Å². The third-order valence-electron chi connectivity index (χ3n) is 7.00. The molecule has 5 rings (SSSR count). The van der Waals surface area contributed by atoms with E-state index in [1.807, 2.05) is 62.4 Å². The molecule has 9 heteroatoms. The minimum absolute atomic E-state index is 0.0424. The molecule has 0 aliphatic carbocycles. The lowest BCUT2D eigenvalue weighted by Gasteiger charge is -2.40. The van der Waals surface area contributed by atoms with Crippen LogP contribution in [0.3, 0.4) is 0 Å². The molecular formula is C28H29N5O4. The molecule has 0 saturated carbocycles. The van der Waals surface area contributed by atoms with Crippen LogP contribution in [0.5, 0.6) is 11.5 Å². The second kappa shape index (κ2) is 9.93. The van der Waals surface area contributed by atoms with Crippen LogP contribution in [0.1, 0.15) is 31.4 Å². The maximum absolute atomic E-state index is 13.9. The summed E-state index contributed by atoms with van der Waals surface area (Å²) in [5.74, 6) is 0.679. The van der Waals surface area contributed by atoms with Crippen LogP contribution in [0.25, 0.3) is 11.0 Å². The average molecular weight is 500 g/mol. The molecule has 0 radical (unpaired) electrons. The Morgan fingerprint density at radius 1 is 1.05 bits per heavy atom. The number of hydrogen-bond acceptors (Lipinski definition) is 6. The van der Waals surface area contributed by atoms with Gasteiger partial charge in [-0.2, -0.15) is 0 Å². The lowest BCUT2D eigenvalue weighted by molar-refractivity contribution is -0.146. The molecule has 190 valence electrons. The normalized spacial score (nSPS) is 13.8. The van der Waals surface area contributed by atoms with Gasteiger partial charge in [0.05, 0.1) is 5.52 Å². The number of rotatable bonds is 8. The number of para-hydroxylation sites is 1. The van der Waals surface area contributed by atoms with Crippen LogP contribution in [0.15, 0.2) is 66.7 Å². The Morgan fingerprint density at radius 2 is 1.81 bits per heavy atom. The smallest absolute Gasteiger partial charge is 0.250 e. The van der Waals surface area contributed by atoms with Crippen molar-refractivity contribution < 1.29 is 19.1 Å². The average Bonchev–Trinajstić information content (AvgIpc) is 3.54. The minimum atomic E-state index is -1.15. The van der Waals surface area contributed by atoms with Crippen molar-refractivity contribution in [3.05, 3.63) is 77.9 Å². The molecule has 0 bridgehead atoms. The van der Waals surface area contributed by atoms with E-state index in [9.17, 15) is 9.59 Å². The van der Waals surface area contributed by atoms with Crippen LogP contribution in [0.2, 0.25) is 0 Å². The molecule has 2 heterocycles. The van der Waals surface area contributed by atoms with Crippen molar-refractivity contribution >= 4 is 28.5 Å². The Hall–Kier alpha value is -4.40. The van der Waals surface area contributed by atoms with E-state index in [4.69, 9.17) is 9.47 Å². The highest BCUT2D eigenvalue weighted by Crippen LogP contribution is 2.35. The summed E-state index contributed by atoms with van der Waals surface area (Å²) in [4.78, 5) is 29.3. The highest BCUT2D eigenvalue weighted by atomic mass is 16.7. The SMILES string of the molecule is CCC(C)(C(=O)Nc1ccc2c(c1)OCO2)N(Cc1ccccc1C)C(=O)Cn1nnc2ccccc21. The van der Waals surface area contributed by atoms with E-state index < -0.39 is 5.54 Å². The van der Waals surface area contributed by atoms with Crippen molar-refractivity contribution in [1.82, 2.24) is 19.9 Å². The lowest BCUT2D eigenvalue weighted by atomic mass is 9.93. The monoisotopic (exact) mass is 499 g/mol. The van der Waals surface area contributed by atoms with Gasteiger partial charge >= 0.3 is 0 Å². The fourth-order valence-corrected chi connectivity index (χ4v) is 4.46. The number of amides is 2. The zero-order valence-corrected chi connectivity index (χ0v) is 21.1. The summed E-state index contributed by atoms with van der Waals surface area (Å²) in [6.45, 7) is 6.08. The summed E-state index contributed by atoms with van der Waals surface area (Å²) in [6.07, 6.45) is 0.402. The summed E-state index contributed by atoms with van der Waals surface area (Å²) in [5.41, 5.74) is 2.90. The Kier molecular flexibility index (Phi) is 6.52. The van der Waals surface area contributed by atoms with E-state index >= 15 is 0 Å². The molecule has 1 atom stereocenters. The number of carbonyl (C=O) groups excluding carboxylic acids is 2. The maximum atomic E-state index is 13.9. The summed E-state index contributed by atoms with van der Waals surface area (Å²) in [5, 5.41) is 11.3. The summed E-state index contributed by atoms with van der Waals surface area (Å²) in [6, 6.07) is 20.6. The Balaban J connectivity index is 1.47. The second-order valence-corrected chi connectivity index (χ2v) is 9.29. The first kappa shape index (κ1) is 24.3. The first-order valence-electron chi connectivity index (χ1n) is 12.2. The summed E-state index contributed by atoms with van der Waals surface area (Å²) >= 11 is 0. The zero-order valence-electron chi connectivity index (χ0n) is 21.1. The molecule has 0 saturated heterocycles. The molecule has 1 aromatic heterocycles. The van der Waals surface area contributed by atoms with Gasteiger partial charge in [-0.3, -0.25) is 9.59 Å². The minimum Gasteiger partial charge on any atom is -0.454 e. The molecule has 1 N–H and O–H groups in total. The highest BCUT2D eigenvalue weighted by molar-refractivity contribution is 6.00. The molecule has 4 aromatic rings. The van der Waals surface area contributed by atoms with Crippen LogP contribution in [-0.2, 0) is 22.7 Å². The summed E-state index contributed by atoms with van der Waals surface area (Å²) < 4.78 is 12.4. The van der Waals surface area contributed by atoms with Crippen molar-refractivity contribution in [3.8, 4) is 11.5 Å². The number of hydrogen-bond donors (Lipinski definition) is 1. The Bertz CT molecular complexity index is 1470. The van der Waals surface area contributed by atoms with Gasteiger partial charge < -0.3 is 19.7 Å². The lowest BCUT2D eigenvalue weighted by Crippen LogP contribution is -2.57. The third-order valence-corrected chi connectivity index (χ3v) is 7.00. The van der Waals surface area contributed by atoms with E-state index in [0.29, 0.717) is 29.1 Å². The first-order chi connectivity index (χ1) is 17.9. The van der Waals surface area contributed by atoms with Gasteiger partial charge in [0.1, 0.15) is 17.6 Å². The fourth-order valence-electron chi connectivity index (χ4n) is 4.46. The van der Waals surface area contributed by atoms with Crippen molar-refractivity contribution in [3.63, 3.8) is 0 Å². The number of fused-ring (bicyclic) bond motifs is 2. The molecular weight excluding hydrogens is 470 g/mol. The Labute approximate surface area is 215 Å². The highest BCUT2D eigenvalue weighted by Gasteiger charge is 2.41. The number of benzene rings is 3. The zero-order chi connectivity index (χ0) is 26.0. The van der Waals surface area contributed by atoms with Gasteiger partial charge in [-0.1, -0.05) is 48.5 Å². The molecule has 0 spiro atoms. The van der Waals surface area contributed by atoms with Crippen molar-refractivity contribution in [2.45, 2.75) is 45.8 Å². The molecule has 1 unspecified atom stereocenters. The van der Waals surface area contributed by atoms with Gasteiger partial charge in [-0.15, -0.1) is 5.10 Å². The van der Waals surface area contributed by atoms with Gasteiger partial charge in [-0.05, 0) is 55.7 Å². The molecule has 1 aliphatic rings. The molecule has 2 amide bonds. The van der Waals surface area contributed by atoms with Crippen LogP contribution in [-0.4, -0.2) is 44.0 Å². The number of ether oxygens (including phenoxy) is 2. The molecule has 1 aliphatic heterocycles. The predicted octanol–water partition coefficient (Wildman–Crippen LogP) is 4.30. The van der Waals surface area contributed by atoms with Crippen LogP contribution >= 0.6 is 0 Å². The van der Waals surface area contributed by atoms with E-state index in [2.05, 4.69) is 15.6 Å². The standard InChI is InChI=1S/C28H29N5O4/c1-4-28(3,27(35)29-21-13-14-24-25(15-21)37-18-36-24)32(16-20-10-6-5-9-19(20)2)26(34)17-33-23-12-8-7-11-22(23)30-31-33/h5-15H,4,16-18H2,1-3H3,(H,29,35). The fraction of sp³-hybridized carbons (Fsp3) is 0.286. The van der Waals surface area contributed by atoms with E-state index in [-0.39, 0.29) is 31.7 Å². The van der Waals surface area contributed by atoms with E-state index in [0.717, 1.165) is 16.6 Å². The largest absolute Gasteiger partial charge is 0.454 e.